The van der Waals surface area contributed by atoms with E-state index in [-0.39, 0.29) is 11.5 Å². The lowest BCUT2D eigenvalue weighted by molar-refractivity contribution is 0.411. The second-order valence-electron chi connectivity index (χ2n) is 20.9. The molecule has 10 aromatic rings. The van der Waals surface area contributed by atoms with Gasteiger partial charge in [0.15, 0.2) is 0 Å². The number of benzene rings is 7. The Kier molecular flexibility index (Phi) is 13.8. The highest BCUT2D eigenvalue weighted by Crippen LogP contribution is 2.41. The summed E-state index contributed by atoms with van der Waals surface area (Å²) in [6.45, 7) is 9.49. The molecule has 0 fully saturated rings. The second-order valence-corrected chi connectivity index (χ2v) is 20.9. The maximum Gasteiger partial charge on any atom is 0.141 e. The van der Waals surface area contributed by atoms with Gasteiger partial charge in [0.25, 0.3) is 0 Å². The zero-order chi connectivity index (χ0) is 56.2. The second kappa shape index (κ2) is 22.9. The minimum absolute atomic E-state index is 0.0165. The fraction of sp³-hybridized carbons (Fsp3) is 0.183. The normalized spacial score (nSPS) is 12.6. The molecular weight excluding hydrogens is 928 g/mol. The summed E-state index contributed by atoms with van der Waals surface area (Å²) in [4.78, 5) is 14.1. The van der Waals surface area contributed by atoms with Gasteiger partial charge in [-0.05, 0) is 170 Å². The van der Waals surface area contributed by atoms with E-state index < -0.39 is 24.0 Å². The topological polar surface area (TPSA) is 62.5 Å². The predicted molar refractivity (Wildman–Crippen MR) is 312 cm³/mol. The molecule has 10 rings (SSSR count). The van der Waals surface area contributed by atoms with Crippen molar-refractivity contribution in [1.82, 2.24) is 15.0 Å². The number of hydrogen-bond donors (Lipinski definition) is 0. The number of rotatable bonds is 16. The van der Waals surface area contributed by atoms with Gasteiger partial charge in [-0.3, -0.25) is 15.0 Å². The average Bonchev–Trinajstić information content (AvgIpc) is 3.53. The van der Waals surface area contributed by atoms with Crippen LogP contribution >= 0.6 is 0 Å². The lowest BCUT2D eigenvalue weighted by Gasteiger charge is -2.18. The first-order valence-corrected chi connectivity index (χ1v) is 26.2. The van der Waals surface area contributed by atoms with Gasteiger partial charge in [-0.15, -0.1) is 0 Å². The molecule has 3 aromatic heterocycles. The Morgan fingerprint density at radius 1 is 0.447 bits per heavy atom. The van der Waals surface area contributed by atoms with Crippen molar-refractivity contribution in [3.63, 3.8) is 0 Å². The molecule has 7 aromatic carbocycles. The maximum atomic E-state index is 14.8. The average molecular weight is 995 g/mol. The summed E-state index contributed by atoms with van der Waals surface area (Å²) in [5.41, 5.74) is 18.9. The lowest BCUT2D eigenvalue weighted by Crippen LogP contribution is -2.09. The standard InChI is InChI=1S/C71H63FN4/c1-48(2)38-53-21-35-69(75-46-53)57-23-17-49(18-24-57)13-15-51-39-52(16-14-50-19-25-58(26-20-50)70-36-22-54(47-76-70)44-71(3,4)5)41-62(40-51)63-10-6-7-11-64(63)65-34-33-60(68-12-8-9-37-74-68)42-66(65)56-29-27-55(28-30-56)59-31-32-61(45-73)67(72)43-59/h6-12,17-37,39-43,46-48H,13-16,38,44H2,1-5H3/i38D2,44D2. The number of pyridine rings is 3. The minimum Gasteiger partial charge on any atom is -0.256 e. The van der Waals surface area contributed by atoms with Crippen molar-refractivity contribution in [2.45, 2.75) is 73.0 Å². The highest BCUT2D eigenvalue weighted by molar-refractivity contribution is 5.94. The van der Waals surface area contributed by atoms with Crippen LogP contribution in [0.25, 0.3) is 78.3 Å². The quantitative estimate of drug-likeness (QED) is 0.0968. The zero-order valence-corrected chi connectivity index (χ0v) is 43.8. The summed E-state index contributed by atoms with van der Waals surface area (Å²) >= 11 is 0. The predicted octanol–water partition coefficient (Wildman–Crippen LogP) is 17.9. The van der Waals surface area contributed by atoms with Crippen LogP contribution in [0.2, 0.25) is 0 Å². The van der Waals surface area contributed by atoms with Crippen molar-refractivity contribution in [1.29, 1.82) is 5.26 Å². The van der Waals surface area contributed by atoms with Crippen molar-refractivity contribution < 1.29 is 9.87 Å². The number of hydrogen-bond acceptors (Lipinski definition) is 4. The SMILES string of the molecule is [2H]C([2H])(c1ccc(-c2ccc(CCc3cc(CCc4ccc(-c5ccc(C([2H])([2H])C(C)(C)C)cn5)cc4)cc(-c4ccccc4-c4ccc(-c5ccccn5)cc4-c4ccc(-c5ccc(C#N)c(F)c5)cc4)c3)cc2)nc1)C(C)C. The Balaban J connectivity index is 0.976. The van der Waals surface area contributed by atoms with Crippen LogP contribution in [0.5, 0.6) is 0 Å². The first-order valence-electron chi connectivity index (χ1n) is 28.2. The van der Waals surface area contributed by atoms with Gasteiger partial charge < -0.3 is 0 Å². The first-order chi connectivity index (χ1) is 38.4. The molecule has 0 aliphatic heterocycles. The number of nitrogens with zero attached hydrogens (tertiary/aromatic N) is 4. The molecular formula is C71H63FN4. The van der Waals surface area contributed by atoms with Crippen LogP contribution < -0.4 is 0 Å². The fourth-order valence-electron chi connectivity index (χ4n) is 9.83. The Labute approximate surface area is 454 Å². The number of aromatic nitrogens is 3. The van der Waals surface area contributed by atoms with Crippen LogP contribution in [0.4, 0.5) is 4.39 Å². The molecule has 0 saturated heterocycles. The van der Waals surface area contributed by atoms with Crippen molar-refractivity contribution in [2.75, 3.05) is 0 Å². The molecule has 0 aliphatic rings. The van der Waals surface area contributed by atoms with E-state index >= 15 is 0 Å². The van der Waals surface area contributed by atoms with E-state index in [4.69, 9.17) is 10.5 Å². The van der Waals surface area contributed by atoms with Crippen LogP contribution in [-0.4, -0.2) is 15.0 Å². The smallest absolute Gasteiger partial charge is 0.141 e. The monoisotopic (exact) mass is 995 g/mol. The van der Waals surface area contributed by atoms with Gasteiger partial charge in [0.1, 0.15) is 11.9 Å². The van der Waals surface area contributed by atoms with E-state index in [1.54, 1.807) is 18.5 Å². The third kappa shape index (κ3) is 12.5. The molecule has 76 heavy (non-hydrogen) atoms. The van der Waals surface area contributed by atoms with E-state index in [0.717, 1.165) is 98.4 Å². The summed E-state index contributed by atoms with van der Waals surface area (Å²) in [5, 5.41) is 9.35. The third-order valence-corrected chi connectivity index (χ3v) is 13.6. The van der Waals surface area contributed by atoms with Crippen molar-refractivity contribution in [3.05, 3.63) is 257 Å². The van der Waals surface area contributed by atoms with Crippen molar-refractivity contribution >= 4 is 0 Å². The van der Waals surface area contributed by atoms with Crippen molar-refractivity contribution in [3.8, 4) is 84.3 Å². The molecule has 0 radical (unpaired) electrons. The van der Waals surface area contributed by atoms with Gasteiger partial charge in [0, 0.05) is 40.8 Å². The van der Waals surface area contributed by atoms with Gasteiger partial charge in [-0.2, -0.15) is 5.26 Å². The highest BCUT2D eigenvalue weighted by Gasteiger charge is 2.17. The summed E-state index contributed by atoms with van der Waals surface area (Å²) in [6.07, 6.45) is 5.45. The van der Waals surface area contributed by atoms with Gasteiger partial charge in [0.2, 0.25) is 0 Å². The van der Waals surface area contributed by atoms with E-state index in [1.807, 2.05) is 101 Å². The summed E-state index contributed by atoms with van der Waals surface area (Å²) in [5.74, 6) is -0.709. The molecule has 0 N–H and O–H groups in total. The Bertz CT molecular complexity index is 3830. The third-order valence-electron chi connectivity index (χ3n) is 13.6. The number of nitriles is 1. The van der Waals surface area contributed by atoms with Gasteiger partial charge in [0.05, 0.1) is 22.6 Å². The Morgan fingerprint density at radius 3 is 1.51 bits per heavy atom. The highest BCUT2D eigenvalue weighted by atomic mass is 19.1. The molecule has 3 heterocycles. The largest absolute Gasteiger partial charge is 0.256 e. The van der Waals surface area contributed by atoms with Crippen LogP contribution in [0.1, 0.15) is 79.0 Å². The molecule has 0 atom stereocenters. The number of halogens is 1. The van der Waals surface area contributed by atoms with Crippen LogP contribution in [0, 0.1) is 28.5 Å². The van der Waals surface area contributed by atoms with E-state index in [1.165, 1.54) is 34.4 Å². The molecule has 5 heteroatoms. The molecule has 0 saturated carbocycles. The van der Waals surface area contributed by atoms with Gasteiger partial charge in [-0.1, -0.05) is 186 Å². The molecule has 0 unspecified atom stereocenters. The van der Waals surface area contributed by atoms with E-state index in [2.05, 4.69) is 131 Å². The fourth-order valence-corrected chi connectivity index (χ4v) is 9.83. The zero-order valence-electron chi connectivity index (χ0n) is 47.8. The van der Waals surface area contributed by atoms with E-state index in [0.29, 0.717) is 16.7 Å². The van der Waals surface area contributed by atoms with Crippen LogP contribution in [0.15, 0.2) is 213 Å². The minimum atomic E-state index is -1.52. The van der Waals surface area contributed by atoms with E-state index in [9.17, 15) is 9.65 Å². The summed E-state index contributed by atoms with van der Waals surface area (Å²) in [7, 11) is 0. The van der Waals surface area contributed by atoms with Crippen LogP contribution in [-0.2, 0) is 38.4 Å². The molecule has 0 amide bonds. The lowest BCUT2D eigenvalue weighted by atomic mass is 9.86. The van der Waals surface area contributed by atoms with Crippen LogP contribution in [0.3, 0.4) is 0 Å². The molecule has 4 nitrogen and oxygen atoms in total. The maximum absolute atomic E-state index is 14.8. The van der Waals surface area contributed by atoms with Crippen molar-refractivity contribution in [2.24, 2.45) is 11.3 Å². The van der Waals surface area contributed by atoms with Gasteiger partial charge in [-0.25, -0.2) is 4.39 Å². The van der Waals surface area contributed by atoms with Gasteiger partial charge >= 0.3 is 0 Å². The number of aryl methyl sites for hydroxylation is 4. The summed E-state index contributed by atoms with van der Waals surface area (Å²) < 4.78 is 49.2. The Hall–Kier alpha value is -8.59. The molecule has 0 bridgehead atoms. The molecule has 0 aliphatic carbocycles. The Morgan fingerprint density at radius 2 is 0.961 bits per heavy atom. The summed E-state index contributed by atoms with van der Waals surface area (Å²) in [6, 6.07) is 67.5. The first kappa shape index (κ1) is 46.0. The molecule has 0 spiro atoms. The molecule has 374 valence electrons.